The number of thiophene rings is 2. The van der Waals surface area contributed by atoms with Crippen molar-refractivity contribution in [3.63, 3.8) is 0 Å². The second kappa shape index (κ2) is 13.4. The van der Waals surface area contributed by atoms with E-state index >= 15 is 0 Å². The third-order valence-corrected chi connectivity index (χ3v) is 10.0. The molecule has 0 bridgehead atoms. The molecule has 2 aromatic heterocycles. The van der Waals surface area contributed by atoms with Crippen molar-refractivity contribution in [2.75, 3.05) is 13.1 Å². The highest BCUT2D eigenvalue weighted by Gasteiger charge is 2.50. The molecule has 0 saturated heterocycles. The van der Waals surface area contributed by atoms with Gasteiger partial charge in [0.25, 0.3) is 11.8 Å². The zero-order valence-corrected chi connectivity index (χ0v) is 25.6. The van der Waals surface area contributed by atoms with Gasteiger partial charge in [-0.3, -0.25) is 9.59 Å². The fraction of sp³-hybridized carbons (Fsp3) is 0.500. The molecule has 0 saturated carbocycles. The summed E-state index contributed by atoms with van der Waals surface area (Å²) in [6, 6.07) is 11.7. The molecule has 2 atom stereocenters. The number of unbranched alkanes of at least 4 members (excludes halogenated alkanes) is 2. The van der Waals surface area contributed by atoms with E-state index in [9.17, 15) is 20.1 Å². The molecule has 0 radical (unpaired) electrons. The summed E-state index contributed by atoms with van der Waals surface area (Å²) in [5.41, 5.74) is 2.19. The summed E-state index contributed by atoms with van der Waals surface area (Å²) in [6.07, 6.45) is 8.29. The molecule has 2 amide bonds. The van der Waals surface area contributed by atoms with E-state index in [-0.39, 0.29) is 11.8 Å². The quantitative estimate of drug-likeness (QED) is 0.230. The largest absolute Gasteiger partial charge is 0.306 e. The minimum absolute atomic E-state index is 0.147. The van der Waals surface area contributed by atoms with E-state index in [2.05, 4.69) is 39.8 Å². The Balaban J connectivity index is 1.89. The lowest BCUT2D eigenvalue weighted by atomic mass is 9.98. The van der Waals surface area contributed by atoms with Crippen LogP contribution in [-0.2, 0) is 9.59 Å². The normalized spacial score (nSPS) is 16.6. The lowest BCUT2D eigenvalue weighted by Gasteiger charge is -2.29. The minimum atomic E-state index is -0.147. The smallest absolute Gasteiger partial charge is 0.261 e. The first-order chi connectivity index (χ1) is 19.4. The van der Waals surface area contributed by atoms with Crippen molar-refractivity contribution in [1.82, 2.24) is 9.80 Å². The number of carbonyl (C=O) groups is 2. The van der Waals surface area contributed by atoms with E-state index in [1.54, 1.807) is 12.1 Å². The molecule has 4 rings (SSSR count). The van der Waals surface area contributed by atoms with Gasteiger partial charge >= 0.3 is 0 Å². The average Bonchev–Trinajstić information content (AvgIpc) is 3.74. The first kappa shape index (κ1) is 29.8. The van der Waals surface area contributed by atoms with Crippen LogP contribution in [0.5, 0.6) is 0 Å². The highest BCUT2D eigenvalue weighted by Crippen LogP contribution is 2.49. The molecule has 2 unspecified atom stereocenters. The van der Waals surface area contributed by atoms with E-state index in [4.69, 9.17) is 0 Å². The number of hydrogen-bond donors (Lipinski definition) is 0. The monoisotopic (exact) mass is 574 g/mol. The number of fused-ring (bicyclic) bond motifs is 1. The van der Waals surface area contributed by atoms with E-state index < -0.39 is 0 Å². The topological polar surface area (TPSA) is 88.2 Å². The molecule has 2 aliphatic heterocycles. The fourth-order valence-corrected chi connectivity index (χ4v) is 7.39. The van der Waals surface area contributed by atoms with Gasteiger partial charge in [-0.2, -0.15) is 10.5 Å². The van der Waals surface area contributed by atoms with Gasteiger partial charge in [-0.25, -0.2) is 0 Å². The van der Waals surface area contributed by atoms with Crippen LogP contribution in [-0.4, -0.2) is 34.7 Å². The maximum absolute atomic E-state index is 14.4. The van der Waals surface area contributed by atoms with Crippen molar-refractivity contribution in [2.24, 2.45) is 11.8 Å². The maximum atomic E-state index is 14.4. The van der Waals surface area contributed by atoms with E-state index in [1.807, 2.05) is 21.9 Å². The Morgan fingerprint density at radius 3 is 1.40 bits per heavy atom. The van der Waals surface area contributed by atoms with Crippen molar-refractivity contribution in [2.45, 2.75) is 79.1 Å². The third kappa shape index (κ3) is 5.80. The molecule has 0 N–H and O–H groups in total. The standard InChI is InChI=1S/C32H38N4O2S2/c1-5-9-11-21(7-3)19-35-29(25-15-13-23(17-33)39-25)27-28(31(35)37)30(26-16-14-24(18-34)40-26)36(32(27)38)20-22(8-4)12-10-6-2/h13-16,21-22H,5-12,19-20H2,1-4H3. The van der Waals surface area contributed by atoms with Gasteiger partial charge in [-0.15, -0.1) is 22.7 Å². The number of amides is 2. The van der Waals surface area contributed by atoms with Gasteiger partial charge in [0, 0.05) is 13.1 Å². The number of carbonyl (C=O) groups excluding carboxylic acids is 2. The summed E-state index contributed by atoms with van der Waals surface area (Å²) in [7, 11) is 0. The molecular weight excluding hydrogens is 537 g/mol. The number of nitrogens with zero attached hydrogens (tertiary/aromatic N) is 4. The fourth-order valence-electron chi connectivity index (χ4n) is 5.66. The zero-order valence-electron chi connectivity index (χ0n) is 24.0. The molecule has 40 heavy (non-hydrogen) atoms. The summed E-state index contributed by atoms with van der Waals surface area (Å²) in [5.74, 6) is 0.335. The Hall–Kier alpha value is -3.20. The number of rotatable bonds is 14. The first-order valence-electron chi connectivity index (χ1n) is 14.5. The Kier molecular flexibility index (Phi) is 10.0. The predicted molar refractivity (Wildman–Crippen MR) is 162 cm³/mol. The minimum Gasteiger partial charge on any atom is -0.306 e. The summed E-state index contributed by atoms with van der Waals surface area (Å²) >= 11 is 2.66. The Morgan fingerprint density at radius 1 is 0.700 bits per heavy atom. The number of nitriles is 2. The van der Waals surface area contributed by atoms with Crippen molar-refractivity contribution in [1.29, 1.82) is 10.5 Å². The zero-order chi connectivity index (χ0) is 28.8. The molecule has 6 nitrogen and oxygen atoms in total. The summed E-state index contributed by atoms with van der Waals surface area (Å²) < 4.78 is 0. The van der Waals surface area contributed by atoms with Crippen LogP contribution in [0.25, 0.3) is 11.4 Å². The van der Waals surface area contributed by atoms with Crippen LogP contribution < -0.4 is 0 Å². The Labute approximate surface area is 246 Å². The summed E-state index contributed by atoms with van der Waals surface area (Å²) in [4.78, 5) is 35.0. The second-order valence-corrected chi connectivity index (χ2v) is 12.8. The first-order valence-corrected chi connectivity index (χ1v) is 16.2. The van der Waals surface area contributed by atoms with Gasteiger partial charge in [0.2, 0.25) is 0 Å². The third-order valence-electron chi connectivity index (χ3n) is 8.05. The van der Waals surface area contributed by atoms with Crippen LogP contribution in [0.1, 0.15) is 98.6 Å². The van der Waals surface area contributed by atoms with Gasteiger partial charge in [0.05, 0.1) is 32.3 Å². The molecule has 0 aliphatic carbocycles. The number of hydrogen-bond acceptors (Lipinski definition) is 6. The van der Waals surface area contributed by atoms with Gasteiger partial charge in [0.15, 0.2) is 0 Å². The molecule has 2 aromatic rings. The van der Waals surface area contributed by atoms with Crippen LogP contribution in [0.4, 0.5) is 0 Å². The molecule has 210 valence electrons. The molecule has 0 fully saturated rings. The molecular formula is C32H38N4O2S2. The molecule has 0 spiro atoms. The maximum Gasteiger partial charge on any atom is 0.261 e. The van der Waals surface area contributed by atoms with E-state index in [0.29, 0.717) is 57.2 Å². The van der Waals surface area contributed by atoms with Crippen LogP contribution in [0.15, 0.2) is 35.4 Å². The van der Waals surface area contributed by atoms with Crippen molar-refractivity contribution < 1.29 is 9.59 Å². The molecule has 0 aromatic carbocycles. The van der Waals surface area contributed by atoms with E-state index in [1.165, 1.54) is 22.7 Å². The van der Waals surface area contributed by atoms with E-state index in [0.717, 1.165) is 61.1 Å². The summed E-state index contributed by atoms with van der Waals surface area (Å²) in [5, 5.41) is 19.1. The Bertz CT molecular complexity index is 1290. The highest BCUT2D eigenvalue weighted by molar-refractivity contribution is 7.14. The van der Waals surface area contributed by atoms with Crippen molar-refractivity contribution in [3.8, 4) is 12.1 Å². The Morgan fingerprint density at radius 2 is 1.10 bits per heavy atom. The highest BCUT2D eigenvalue weighted by atomic mass is 32.1. The van der Waals surface area contributed by atoms with Crippen LogP contribution >= 0.6 is 22.7 Å². The molecule has 2 aliphatic rings. The van der Waals surface area contributed by atoms with Gasteiger partial charge < -0.3 is 9.80 Å². The van der Waals surface area contributed by atoms with Crippen LogP contribution in [0.3, 0.4) is 0 Å². The average molecular weight is 575 g/mol. The van der Waals surface area contributed by atoms with Gasteiger partial charge in [-0.1, -0.05) is 66.2 Å². The van der Waals surface area contributed by atoms with Crippen molar-refractivity contribution in [3.05, 3.63) is 54.9 Å². The van der Waals surface area contributed by atoms with Crippen LogP contribution in [0, 0.1) is 34.5 Å². The lowest BCUT2D eigenvalue weighted by Crippen LogP contribution is -2.34. The second-order valence-electron chi connectivity index (χ2n) is 10.7. The van der Waals surface area contributed by atoms with Gasteiger partial charge in [0.1, 0.15) is 21.9 Å². The molecule has 4 heterocycles. The van der Waals surface area contributed by atoms with Crippen LogP contribution in [0.2, 0.25) is 0 Å². The predicted octanol–water partition coefficient (Wildman–Crippen LogP) is 7.79. The lowest BCUT2D eigenvalue weighted by molar-refractivity contribution is -0.124. The van der Waals surface area contributed by atoms with Gasteiger partial charge in [-0.05, 0) is 48.9 Å². The molecule has 8 heteroatoms. The summed E-state index contributed by atoms with van der Waals surface area (Å²) in [6.45, 7) is 9.74. The van der Waals surface area contributed by atoms with Crippen molar-refractivity contribution >= 4 is 45.9 Å². The SMILES string of the molecule is CCCCC(CC)CN1C(=O)C2=C(c3ccc(C#N)s3)N(CC(CC)CCCC)C(=O)C2=C1c1ccc(C#N)s1.